The molecule has 160 valence electrons. The molecular formula is C21H38IN5O. The summed E-state index contributed by atoms with van der Waals surface area (Å²) in [6.07, 6.45) is 0. The SMILES string of the molecule is CN=C(NCC(C(C)C)N1CCOCC1)NCC(C)N(C)c1ccccc1.I. The van der Waals surface area contributed by atoms with E-state index < -0.39 is 0 Å². The van der Waals surface area contributed by atoms with Gasteiger partial charge in [0.2, 0.25) is 0 Å². The van der Waals surface area contributed by atoms with Crippen molar-refractivity contribution in [3.63, 3.8) is 0 Å². The molecule has 2 unspecified atom stereocenters. The van der Waals surface area contributed by atoms with Gasteiger partial charge in [0.1, 0.15) is 0 Å². The summed E-state index contributed by atoms with van der Waals surface area (Å²) in [5, 5.41) is 6.99. The van der Waals surface area contributed by atoms with Gasteiger partial charge in [-0.3, -0.25) is 9.89 Å². The van der Waals surface area contributed by atoms with Gasteiger partial charge in [0.25, 0.3) is 0 Å². The van der Waals surface area contributed by atoms with E-state index in [4.69, 9.17) is 4.74 Å². The number of aliphatic imine (C=N–C) groups is 1. The van der Waals surface area contributed by atoms with Gasteiger partial charge in [0.15, 0.2) is 5.96 Å². The number of guanidine groups is 1. The first kappa shape index (κ1) is 25.0. The highest BCUT2D eigenvalue weighted by atomic mass is 127. The van der Waals surface area contributed by atoms with Crippen LogP contribution >= 0.6 is 24.0 Å². The zero-order valence-electron chi connectivity index (χ0n) is 18.0. The standard InChI is InChI=1S/C21H37N5O.HI/c1-17(2)20(26-11-13-27-14-12-26)16-24-21(22-4)23-15-18(3)25(5)19-9-7-6-8-10-19;/h6-10,17-18,20H,11-16H2,1-5H3,(H2,22,23,24);1H. The zero-order valence-corrected chi connectivity index (χ0v) is 20.3. The highest BCUT2D eigenvalue weighted by molar-refractivity contribution is 14.0. The largest absolute Gasteiger partial charge is 0.379 e. The van der Waals surface area contributed by atoms with Crippen LogP contribution in [0, 0.1) is 5.92 Å². The molecule has 0 aliphatic carbocycles. The summed E-state index contributed by atoms with van der Waals surface area (Å²) < 4.78 is 5.50. The number of likely N-dealkylation sites (N-methyl/N-ethyl adjacent to an activating group) is 1. The maximum Gasteiger partial charge on any atom is 0.191 e. The van der Waals surface area contributed by atoms with E-state index in [1.807, 2.05) is 13.1 Å². The average molecular weight is 503 g/mol. The van der Waals surface area contributed by atoms with Gasteiger partial charge in [-0.25, -0.2) is 0 Å². The van der Waals surface area contributed by atoms with E-state index in [2.05, 4.69) is 77.5 Å². The zero-order chi connectivity index (χ0) is 19.6. The van der Waals surface area contributed by atoms with Crippen LogP contribution in [0.1, 0.15) is 20.8 Å². The molecule has 0 spiro atoms. The lowest BCUT2D eigenvalue weighted by molar-refractivity contribution is 0.00752. The van der Waals surface area contributed by atoms with Crippen molar-refractivity contribution in [2.45, 2.75) is 32.9 Å². The Balaban J connectivity index is 0.00000392. The van der Waals surface area contributed by atoms with Gasteiger partial charge in [-0.2, -0.15) is 0 Å². The van der Waals surface area contributed by atoms with Gasteiger partial charge in [-0.1, -0.05) is 32.0 Å². The third-order valence-corrected chi connectivity index (χ3v) is 5.38. The van der Waals surface area contributed by atoms with Crippen LogP contribution < -0.4 is 15.5 Å². The predicted octanol–water partition coefficient (Wildman–Crippen LogP) is 2.65. The summed E-state index contributed by atoms with van der Waals surface area (Å²) in [4.78, 5) is 9.21. The normalized spacial score (nSPS) is 17.6. The summed E-state index contributed by atoms with van der Waals surface area (Å²) >= 11 is 0. The molecule has 1 aliphatic heterocycles. The summed E-state index contributed by atoms with van der Waals surface area (Å²) in [5.74, 6) is 1.44. The number of halogens is 1. The lowest BCUT2D eigenvalue weighted by atomic mass is 10.0. The molecule has 2 atom stereocenters. The Kier molecular flexibility index (Phi) is 11.8. The lowest BCUT2D eigenvalue weighted by Gasteiger charge is -2.37. The van der Waals surface area contributed by atoms with Gasteiger partial charge in [-0.05, 0) is 25.0 Å². The summed E-state index contributed by atoms with van der Waals surface area (Å²) in [6.45, 7) is 12.2. The number of benzene rings is 1. The fourth-order valence-electron chi connectivity index (χ4n) is 3.42. The Hall–Kier alpha value is -1.06. The highest BCUT2D eigenvalue weighted by Crippen LogP contribution is 2.14. The van der Waals surface area contributed by atoms with Crippen LogP contribution in [0.2, 0.25) is 0 Å². The highest BCUT2D eigenvalue weighted by Gasteiger charge is 2.24. The van der Waals surface area contributed by atoms with Gasteiger partial charge in [-0.15, -0.1) is 24.0 Å². The number of anilines is 1. The van der Waals surface area contributed by atoms with E-state index in [1.54, 1.807) is 0 Å². The van der Waals surface area contributed by atoms with Crippen molar-refractivity contribution in [3.8, 4) is 0 Å². The number of ether oxygens (including phenoxy) is 1. The minimum Gasteiger partial charge on any atom is -0.379 e. The molecule has 0 aromatic heterocycles. The van der Waals surface area contributed by atoms with E-state index in [-0.39, 0.29) is 24.0 Å². The van der Waals surface area contributed by atoms with Crippen molar-refractivity contribution in [2.24, 2.45) is 10.9 Å². The van der Waals surface area contributed by atoms with Gasteiger partial charge >= 0.3 is 0 Å². The van der Waals surface area contributed by atoms with Crippen molar-refractivity contribution in [2.75, 3.05) is 58.4 Å². The molecule has 0 radical (unpaired) electrons. The molecule has 1 fully saturated rings. The smallest absolute Gasteiger partial charge is 0.191 e. The fourth-order valence-corrected chi connectivity index (χ4v) is 3.42. The third-order valence-electron chi connectivity index (χ3n) is 5.38. The monoisotopic (exact) mass is 503 g/mol. The molecule has 1 aromatic rings. The molecule has 0 saturated carbocycles. The maximum absolute atomic E-state index is 5.50. The Morgan fingerprint density at radius 3 is 2.29 bits per heavy atom. The Morgan fingerprint density at radius 2 is 1.71 bits per heavy atom. The van der Waals surface area contributed by atoms with Crippen LogP contribution in [0.15, 0.2) is 35.3 Å². The van der Waals surface area contributed by atoms with Crippen LogP contribution in [0.25, 0.3) is 0 Å². The molecule has 7 heteroatoms. The molecule has 1 saturated heterocycles. The van der Waals surface area contributed by atoms with E-state index in [9.17, 15) is 0 Å². The number of rotatable bonds is 8. The number of hydrogen-bond donors (Lipinski definition) is 2. The Morgan fingerprint density at radius 1 is 1.11 bits per heavy atom. The van der Waals surface area contributed by atoms with E-state index >= 15 is 0 Å². The first-order valence-electron chi connectivity index (χ1n) is 10.1. The van der Waals surface area contributed by atoms with Gasteiger partial charge in [0, 0.05) is 58.0 Å². The predicted molar refractivity (Wildman–Crippen MR) is 130 cm³/mol. The van der Waals surface area contributed by atoms with Crippen LogP contribution in [-0.4, -0.2) is 76.4 Å². The molecule has 1 aliphatic rings. The first-order chi connectivity index (χ1) is 13.0. The first-order valence-corrected chi connectivity index (χ1v) is 10.1. The minimum absolute atomic E-state index is 0. The molecular weight excluding hydrogens is 465 g/mol. The molecule has 1 heterocycles. The molecule has 1 aromatic carbocycles. The topological polar surface area (TPSA) is 52.1 Å². The van der Waals surface area contributed by atoms with Crippen LogP contribution in [0.3, 0.4) is 0 Å². The van der Waals surface area contributed by atoms with E-state index in [1.165, 1.54) is 5.69 Å². The Bertz CT molecular complexity index is 563. The summed E-state index contributed by atoms with van der Waals surface area (Å²) in [5.41, 5.74) is 1.22. The molecule has 28 heavy (non-hydrogen) atoms. The number of nitrogens with one attached hydrogen (secondary N) is 2. The quantitative estimate of drug-likeness (QED) is 0.325. The maximum atomic E-state index is 5.50. The van der Waals surface area contributed by atoms with Crippen LogP contribution in [0.5, 0.6) is 0 Å². The van der Waals surface area contributed by atoms with Crippen molar-refractivity contribution in [1.29, 1.82) is 0 Å². The molecule has 2 rings (SSSR count). The lowest BCUT2D eigenvalue weighted by Crippen LogP contribution is -2.53. The number of para-hydroxylation sites is 1. The van der Waals surface area contributed by atoms with E-state index in [0.29, 0.717) is 18.0 Å². The van der Waals surface area contributed by atoms with Gasteiger partial charge in [0.05, 0.1) is 13.2 Å². The second-order valence-corrected chi connectivity index (χ2v) is 7.59. The summed E-state index contributed by atoms with van der Waals surface area (Å²) in [7, 11) is 3.96. The van der Waals surface area contributed by atoms with Crippen LogP contribution in [0.4, 0.5) is 5.69 Å². The fraction of sp³-hybridized carbons (Fsp3) is 0.667. The number of nitrogens with zero attached hydrogens (tertiary/aromatic N) is 3. The van der Waals surface area contributed by atoms with Crippen molar-refractivity contribution < 1.29 is 4.74 Å². The second kappa shape index (κ2) is 13.2. The number of hydrogen-bond acceptors (Lipinski definition) is 4. The van der Waals surface area contributed by atoms with Gasteiger partial charge < -0.3 is 20.3 Å². The Labute approximate surface area is 188 Å². The third kappa shape index (κ3) is 7.75. The molecule has 6 nitrogen and oxygen atoms in total. The second-order valence-electron chi connectivity index (χ2n) is 7.59. The molecule has 0 amide bonds. The summed E-state index contributed by atoms with van der Waals surface area (Å²) in [6, 6.07) is 11.3. The van der Waals surface area contributed by atoms with E-state index in [0.717, 1.165) is 45.4 Å². The van der Waals surface area contributed by atoms with Crippen LogP contribution in [-0.2, 0) is 4.74 Å². The molecule has 0 bridgehead atoms. The molecule has 2 N–H and O–H groups in total. The van der Waals surface area contributed by atoms with Crippen molar-refractivity contribution >= 4 is 35.6 Å². The average Bonchev–Trinajstić information content (AvgIpc) is 2.70. The number of morpholine rings is 1. The van der Waals surface area contributed by atoms with Crippen molar-refractivity contribution in [1.82, 2.24) is 15.5 Å². The minimum atomic E-state index is 0. The van der Waals surface area contributed by atoms with Crippen molar-refractivity contribution in [3.05, 3.63) is 30.3 Å².